The smallest absolute Gasteiger partial charge is 0.408 e. The van der Waals surface area contributed by atoms with Gasteiger partial charge in [-0.25, -0.2) is 4.79 Å². The van der Waals surface area contributed by atoms with Crippen molar-refractivity contribution < 1.29 is 19.1 Å². The van der Waals surface area contributed by atoms with Crippen LogP contribution in [0.15, 0.2) is 24.3 Å². The lowest BCUT2D eigenvalue weighted by atomic mass is 9.93. The highest BCUT2D eigenvalue weighted by molar-refractivity contribution is 5.93. The van der Waals surface area contributed by atoms with E-state index in [1.165, 1.54) is 0 Å². The molecule has 0 aliphatic heterocycles. The van der Waals surface area contributed by atoms with Crippen LogP contribution in [0.2, 0.25) is 0 Å². The number of alkyl carbamates (subject to hydrolysis) is 1. The van der Waals surface area contributed by atoms with Gasteiger partial charge in [0.2, 0.25) is 11.8 Å². The number of nitrogens with one attached hydrogen (secondary N) is 2. The highest BCUT2D eigenvalue weighted by atomic mass is 16.6. The minimum absolute atomic E-state index is 0.0585. The molecule has 3 amide bonds. The van der Waals surface area contributed by atoms with Crippen LogP contribution < -0.4 is 10.6 Å². The maximum atomic E-state index is 14.3. The van der Waals surface area contributed by atoms with E-state index in [1.807, 2.05) is 39.0 Å². The number of rotatable bonds is 11. The van der Waals surface area contributed by atoms with Crippen LogP contribution in [0.1, 0.15) is 98.2 Å². The first-order valence-electron chi connectivity index (χ1n) is 13.5. The zero-order valence-electron chi connectivity index (χ0n) is 23.8. The zero-order valence-corrected chi connectivity index (χ0v) is 23.8. The molecule has 2 N–H and O–H groups in total. The van der Waals surface area contributed by atoms with E-state index in [-0.39, 0.29) is 35.7 Å². The molecule has 37 heavy (non-hydrogen) atoms. The summed E-state index contributed by atoms with van der Waals surface area (Å²) >= 11 is 0. The van der Waals surface area contributed by atoms with Crippen molar-refractivity contribution >= 4 is 17.9 Å². The monoisotopic (exact) mass is 511 g/mol. The molecule has 1 aliphatic rings. The lowest BCUT2D eigenvalue weighted by Crippen LogP contribution is -2.56. The maximum Gasteiger partial charge on any atom is 0.408 e. The molecule has 1 aliphatic carbocycles. The van der Waals surface area contributed by atoms with E-state index in [0.717, 1.165) is 19.3 Å². The number of amides is 3. The van der Waals surface area contributed by atoms with Crippen molar-refractivity contribution in [3.05, 3.63) is 35.4 Å². The second-order valence-electron chi connectivity index (χ2n) is 11.4. The lowest BCUT2D eigenvalue weighted by molar-refractivity contribution is -0.144. The number of terminal acetylenes is 1. The third kappa shape index (κ3) is 8.24. The quantitative estimate of drug-likeness (QED) is 0.400. The average molecular weight is 512 g/mol. The Morgan fingerprint density at radius 1 is 1.16 bits per heavy atom. The van der Waals surface area contributed by atoms with Gasteiger partial charge in [0.1, 0.15) is 17.7 Å². The molecule has 0 spiro atoms. The molecule has 0 heterocycles. The van der Waals surface area contributed by atoms with Gasteiger partial charge < -0.3 is 20.3 Å². The van der Waals surface area contributed by atoms with E-state index < -0.39 is 23.8 Å². The summed E-state index contributed by atoms with van der Waals surface area (Å²) in [6, 6.07) is 5.29. The van der Waals surface area contributed by atoms with E-state index in [0.29, 0.717) is 17.5 Å². The van der Waals surface area contributed by atoms with Gasteiger partial charge in [-0.2, -0.15) is 0 Å². The number of benzene rings is 1. The molecule has 2 rings (SSSR count). The molecule has 7 heteroatoms. The molecular formula is C30H45N3O4. The Bertz CT molecular complexity index is 993. The lowest BCUT2D eigenvalue weighted by Gasteiger charge is -2.37. The second-order valence-corrected chi connectivity index (χ2v) is 11.4. The van der Waals surface area contributed by atoms with Gasteiger partial charge in [0, 0.05) is 17.6 Å². The Kier molecular flexibility index (Phi) is 10.6. The van der Waals surface area contributed by atoms with E-state index in [2.05, 4.69) is 30.4 Å². The van der Waals surface area contributed by atoms with Gasteiger partial charge in [-0.15, -0.1) is 6.42 Å². The summed E-state index contributed by atoms with van der Waals surface area (Å²) < 4.78 is 5.47. The fraction of sp³-hybridized carbons (Fsp3) is 0.633. The second kappa shape index (κ2) is 13.0. The Balaban J connectivity index is 2.57. The Labute approximate surface area is 223 Å². The van der Waals surface area contributed by atoms with Crippen LogP contribution in [0.5, 0.6) is 0 Å². The SMILES string of the molecule is C#Cc1ccccc1C(C(=O)NC(C)CCC)N(C(=O)C(NC(=O)OC(C)(C)C)C(C)CC)C1CC1C. The number of hydrogen-bond acceptors (Lipinski definition) is 4. The van der Waals surface area contributed by atoms with E-state index >= 15 is 0 Å². The van der Waals surface area contributed by atoms with Crippen LogP contribution in [-0.4, -0.2) is 46.5 Å². The van der Waals surface area contributed by atoms with Crippen LogP contribution in [0.25, 0.3) is 0 Å². The van der Waals surface area contributed by atoms with Crippen LogP contribution in [-0.2, 0) is 14.3 Å². The maximum absolute atomic E-state index is 14.3. The first-order valence-corrected chi connectivity index (χ1v) is 13.5. The van der Waals surface area contributed by atoms with Crippen LogP contribution in [0.4, 0.5) is 4.79 Å². The van der Waals surface area contributed by atoms with Gasteiger partial charge in [0.15, 0.2) is 0 Å². The number of carbonyl (C=O) groups excluding carboxylic acids is 3. The standard InChI is InChI=1S/C30H45N3O4/c1-10-15-21(6)31-27(34)26(23-17-14-13-16-22(23)12-3)33(24-18-20(24)5)28(35)25(19(4)11-2)32-29(36)37-30(7,8)9/h3,13-14,16-17,19-21,24-26H,10-11,15,18H2,1-2,4-9H3,(H,31,34)(H,32,36). The van der Waals surface area contributed by atoms with Crippen LogP contribution in [0, 0.1) is 24.2 Å². The van der Waals surface area contributed by atoms with E-state index in [1.54, 1.807) is 31.7 Å². The van der Waals surface area contributed by atoms with Gasteiger partial charge >= 0.3 is 6.09 Å². The molecule has 6 unspecified atom stereocenters. The summed E-state index contributed by atoms with van der Waals surface area (Å²) in [5.41, 5.74) is 0.470. The summed E-state index contributed by atoms with van der Waals surface area (Å²) in [5.74, 6) is 2.17. The summed E-state index contributed by atoms with van der Waals surface area (Å²) in [7, 11) is 0. The molecular weight excluding hydrogens is 466 g/mol. The minimum atomic E-state index is -0.916. The normalized spacial score (nSPS) is 20.0. The first-order chi connectivity index (χ1) is 17.3. The van der Waals surface area contributed by atoms with Crippen LogP contribution in [0.3, 0.4) is 0 Å². The Morgan fingerprint density at radius 3 is 2.30 bits per heavy atom. The van der Waals surface area contributed by atoms with Crippen molar-refractivity contribution in [2.45, 2.75) is 111 Å². The number of ether oxygens (including phenoxy) is 1. The van der Waals surface area contributed by atoms with Crippen molar-refractivity contribution in [3.8, 4) is 12.3 Å². The van der Waals surface area contributed by atoms with E-state index in [9.17, 15) is 14.4 Å². The van der Waals surface area contributed by atoms with Crippen molar-refractivity contribution in [2.24, 2.45) is 11.8 Å². The van der Waals surface area contributed by atoms with Gasteiger partial charge in [0.05, 0.1) is 0 Å². The van der Waals surface area contributed by atoms with Gasteiger partial charge in [-0.05, 0) is 64.0 Å². The topological polar surface area (TPSA) is 87.7 Å². The summed E-state index contributed by atoms with van der Waals surface area (Å²) in [6.07, 6.45) is 8.35. The Hall–Kier alpha value is -3.01. The van der Waals surface area contributed by atoms with Crippen molar-refractivity contribution in [3.63, 3.8) is 0 Å². The fourth-order valence-electron chi connectivity index (χ4n) is 4.56. The molecule has 1 aromatic rings. The van der Waals surface area contributed by atoms with Crippen molar-refractivity contribution in [1.29, 1.82) is 0 Å². The summed E-state index contributed by atoms with van der Waals surface area (Å²) in [4.78, 5) is 42.6. The predicted octanol–water partition coefficient (Wildman–Crippen LogP) is 5.19. The predicted molar refractivity (Wildman–Crippen MR) is 147 cm³/mol. The average Bonchev–Trinajstić information content (AvgIpc) is 3.54. The third-order valence-electron chi connectivity index (χ3n) is 6.88. The molecule has 1 aromatic carbocycles. The van der Waals surface area contributed by atoms with Gasteiger partial charge in [-0.3, -0.25) is 9.59 Å². The number of nitrogens with zero attached hydrogens (tertiary/aromatic N) is 1. The molecule has 1 fully saturated rings. The minimum Gasteiger partial charge on any atom is -0.444 e. The summed E-state index contributed by atoms with van der Waals surface area (Å²) in [6.45, 7) is 15.3. The van der Waals surface area contributed by atoms with Crippen LogP contribution >= 0.6 is 0 Å². The molecule has 0 radical (unpaired) electrons. The van der Waals surface area contributed by atoms with Gasteiger partial charge in [-0.1, -0.05) is 64.7 Å². The molecule has 6 atom stereocenters. The highest BCUT2D eigenvalue weighted by Crippen LogP contribution is 2.41. The third-order valence-corrected chi connectivity index (χ3v) is 6.88. The van der Waals surface area contributed by atoms with Gasteiger partial charge in [0.25, 0.3) is 0 Å². The molecule has 204 valence electrons. The van der Waals surface area contributed by atoms with E-state index in [4.69, 9.17) is 11.2 Å². The van der Waals surface area contributed by atoms with Crippen molar-refractivity contribution in [2.75, 3.05) is 0 Å². The molecule has 0 saturated heterocycles. The zero-order chi connectivity index (χ0) is 27.9. The number of carbonyl (C=O) groups is 3. The Morgan fingerprint density at radius 2 is 1.78 bits per heavy atom. The fourth-order valence-corrected chi connectivity index (χ4v) is 4.56. The molecule has 1 saturated carbocycles. The van der Waals surface area contributed by atoms with Crippen molar-refractivity contribution in [1.82, 2.24) is 15.5 Å². The molecule has 0 aromatic heterocycles. The first kappa shape index (κ1) is 30.2. The number of hydrogen-bond donors (Lipinski definition) is 2. The molecule has 0 bridgehead atoms. The summed E-state index contributed by atoms with van der Waals surface area (Å²) in [5, 5.41) is 5.92. The molecule has 7 nitrogen and oxygen atoms in total. The largest absolute Gasteiger partial charge is 0.444 e. The highest BCUT2D eigenvalue weighted by Gasteiger charge is 2.49.